The number of benzene rings is 3. The zero-order valence-corrected chi connectivity index (χ0v) is 76.3. The zero-order chi connectivity index (χ0) is 96.9. The van der Waals surface area contributed by atoms with Crippen molar-refractivity contribution in [2.75, 3.05) is 6.26 Å². The first-order valence-corrected chi connectivity index (χ1v) is 47.7. The average Bonchev–Trinajstić information content (AvgIpc) is 1.56. The first-order valence-electron chi connectivity index (χ1n) is 45.9. The highest BCUT2D eigenvalue weighted by molar-refractivity contribution is 7.85. The number of aliphatic carboxylic acids is 2. The van der Waals surface area contributed by atoms with Crippen LogP contribution in [0.5, 0.6) is 0 Å². The van der Waals surface area contributed by atoms with E-state index in [1.54, 1.807) is 73.4 Å². The van der Waals surface area contributed by atoms with Crippen LogP contribution in [0.2, 0.25) is 0 Å². The van der Waals surface area contributed by atoms with E-state index in [4.69, 9.17) is 60.5 Å². The lowest BCUT2D eigenvalue weighted by Crippen LogP contribution is -2.44. The number of nitrogens with zero attached hydrogens (tertiary/aromatic N) is 6. The van der Waals surface area contributed by atoms with Crippen LogP contribution in [-0.2, 0) is 133 Å². The summed E-state index contributed by atoms with van der Waals surface area (Å²) in [6.45, 7) is 10.2. The largest absolute Gasteiger partial charge is 0.480 e. The van der Waals surface area contributed by atoms with Crippen LogP contribution in [0.1, 0.15) is 255 Å². The van der Waals surface area contributed by atoms with Gasteiger partial charge in [-0.3, -0.25) is 33.3 Å². The van der Waals surface area contributed by atoms with E-state index in [-0.39, 0.29) is 132 Å². The Labute approximate surface area is 770 Å². The summed E-state index contributed by atoms with van der Waals surface area (Å²) in [5, 5.41) is 88.2. The molecule has 9 aromatic rings. The maximum absolute atomic E-state index is 15.0. The normalized spacial score (nSPS) is 22.6. The first-order chi connectivity index (χ1) is 63.9. The fourth-order valence-electron chi connectivity index (χ4n) is 20.7. The molecule has 2 amide bonds. The van der Waals surface area contributed by atoms with Gasteiger partial charge in [0, 0.05) is 73.8 Å². The molecular formula is C97H107F3N10O24S. The smallest absolute Gasteiger partial charge is 0.343 e. The SMILES string of the molecule is CC[C@@]1(O)C(=O)OCc2c1cc1n(c2=O)Cc2c-1nc1cc(F)c(C)c3c1c2[C@@H](N)CC3.CC[C@@]1(O)C(=O)OCc2c1cc1n(c2=O)Cc2c-1nc1cc(F)c(C)c3c1c2[C@@H](NC(=O)C(O)CC1CC1)CC3.CC[C@@]1(O)C(=O)OCc2c1cc1n(c2=O)Cc2c-1nc1cc(F)c(C)c3c1c2[C@@H](NC(=O)[C@@H](O)CC1CC1)CC3.CS(=O)(=O)O.NC(CC1CC1)C(=O)O.O=C(O)C(O)CC1CC1. The van der Waals surface area contributed by atoms with Crippen LogP contribution in [0.25, 0.3) is 66.9 Å². The Morgan fingerprint density at radius 2 is 0.748 bits per heavy atom. The van der Waals surface area contributed by atoms with Crippen LogP contribution in [0.4, 0.5) is 13.2 Å². The minimum Gasteiger partial charge on any atom is -0.480 e. The van der Waals surface area contributed by atoms with Crippen LogP contribution in [0.3, 0.4) is 0 Å². The highest BCUT2D eigenvalue weighted by Gasteiger charge is 2.51. The molecular weight excluding hydrogens is 1780 g/mol. The van der Waals surface area contributed by atoms with Gasteiger partial charge in [0.15, 0.2) is 22.9 Å². The zero-order valence-electron chi connectivity index (χ0n) is 75.4. The van der Waals surface area contributed by atoms with Gasteiger partial charge in [-0.15, -0.1) is 0 Å². The van der Waals surface area contributed by atoms with Crippen LogP contribution >= 0.6 is 0 Å². The molecule has 38 heteroatoms. The molecule has 0 spiro atoms. The number of cyclic esters (lactones) is 3. The quantitative estimate of drug-likeness (QED) is 0.0233. The minimum absolute atomic E-state index is 0.0239. The number of carboxylic acid groups (broad SMARTS) is 2. The lowest BCUT2D eigenvalue weighted by Gasteiger charge is -2.31. The number of carbonyl (C=O) groups excluding carboxylic acids is 5. The van der Waals surface area contributed by atoms with Gasteiger partial charge < -0.3 is 90.9 Å². The van der Waals surface area contributed by atoms with Crippen molar-refractivity contribution in [2.45, 2.75) is 275 Å². The summed E-state index contributed by atoms with van der Waals surface area (Å²) in [5.74, 6) is -4.46. The molecule has 3 unspecified atom stereocenters. The van der Waals surface area contributed by atoms with Crippen molar-refractivity contribution >= 4 is 84.5 Å². The van der Waals surface area contributed by atoms with Gasteiger partial charge in [-0.05, 0) is 196 Å². The van der Waals surface area contributed by atoms with Gasteiger partial charge in [0.25, 0.3) is 26.8 Å². The summed E-state index contributed by atoms with van der Waals surface area (Å²) in [6, 6.07) is 7.30. The number of hydrogen-bond donors (Lipinski definition) is 13. The Morgan fingerprint density at radius 1 is 0.459 bits per heavy atom. The number of aliphatic hydroxyl groups excluding tert-OH is 3. The summed E-state index contributed by atoms with van der Waals surface area (Å²) >= 11 is 0. The van der Waals surface area contributed by atoms with Gasteiger partial charge in [0.05, 0.1) is 105 Å². The fraction of sp³-hybridized carbons (Fsp3) is 0.495. The number of rotatable bonds is 17. The van der Waals surface area contributed by atoms with Crippen LogP contribution < -0.4 is 38.8 Å². The van der Waals surface area contributed by atoms with E-state index in [1.165, 1.54) is 31.0 Å². The summed E-state index contributed by atoms with van der Waals surface area (Å²) in [6.07, 6.45) is 11.5. The number of carbonyl (C=O) groups is 7. The highest BCUT2D eigenvalue weighted by Crippen LogP contribution is 2.52. The summed E-state index contributed by atoms with van der Waals surface area (Å²) < 4.78 is 90.7. The number of carboxylic acids is 2. The number of esters is 3. The number of pyridine rings is 6. The number of halogens is 3. The van der Waals surface area contributed by atoms with Gasteiger partial charge in [-0.25, -0.2) is 47.3 Å². The van der Waals surface area contributed by atoms with Crippen molar-refractivity contribution in [3.8, 4) is 34.2 Å². The van der Waals surface area contributed by atoms with Crippen LogP contribution in [0, 0.1) is 61.9 Å². The number of aliphatic hydroxyl groups is 6. The lowest BCUT2D eigenvalue weighted by atomic mass is 9.81. The fourth-order valence-corrected chi connectivity index (χ4v) is 20.7. The molecule has 7 aliphatic carbocycles. The molecule has 3 aromatic carbocycles. The average molecular weight is 1890 g/mol. The third-order valence-electron chi connectivity index (χ3n) is 29.1. The second kappa shape index (κ2) is 35.8. The first kappa shape index (κ1) is 95.1. The molecule has 10 atom stereocenters. The van der Waals surface area contributed by atoms with Gasteiger partial charge in [0.1, 0.15) is 55.5 Å². The molecule has 0 saturated heterocycles. The van der Waals surface area contributed by atoms with E-state index >= 15 is 8.78 Å². The monoisotopic (exact) mass is 1880 g/mol. The predicted molar refractivity (Wildman–Crippen MR) is 479 cm³/mol. The van der Waals surface area contributed by atoms with E-state index in [9.17, 15) is 86.3 Å². The van der Waals surface area contributed by atoms with Gasteiger partial charge in [-0.1, -0.05) is 72.1 Å². The molecule has 13 aliphatic rings. The highest BCUT2D eigenvalue weighted by atomic mass is 32.2. The van der Waals surface area contributed by atoms with Gasteiger partial charge in [-0.2, -0.15) is 8.42 Å². The van der Waals surface area contributed by atoms with Crippen molar-refractivity contribution in [1.29, 1.82) is 0 Å². The van der Waals surface area contributed by atoms with Crippen molar-refractivity contribution < 1.29 is 115 Å². The molecule has 0 bridgehead atoms. The van der Waals surface area contributed by atoms with Crippen molar-refractivity contribution in [3.05, 3.63) is 185 Å². The summed E-state index contributed by atoms with van der Waals surface area (Å²) in [4.78, 5) is 139. The second-order valence-electron chi connectivity index (χ2n) is 38.1. The number of nitrogens with two attached hydrogens (primary N) is 2. The number of fused-ring (bicyclic) bond motifs is 15. The summed E-state index contributed by atoms with van der Waals surface area (Å²) in [5.41, 5.74) is 19.4. The third kappa shape index (κ3) is 17.4. The molecule has 0 radical (unpaired) electrons. The van der Waals surface area contributed by atoms with E-state index in [2.05, 4.69) is 10.6 Å². The molecule has 34 nitrogen and oxygen atoms in total. The number of aryl methyl sites for hydroxylation is 3. The minimum atomic E-state index is -3.67. The maximum Gasteiger partial charge on any atom is 0.343 e. The Morgan fingerprint density at radius 3 is 1.04 bits per heavy atom. The molecule has 135 heavy (non-hydrogen) atoms. The van der Waals surface area contributed by atoms with Gasteiger partial charge >= 0.3 is 29.8 Å². The Balaban J connectivity index is 0.000000126. The van der Waals surface area contributed by atoms with Crippen LogP contribution in [-0.4, -0.2) is 155 Å². The van der Waals surface area contributed by atoms with Crippen molar-refractivity contribution in [2.24, 2.45) is 35.1 Å². The standard InChI is InChI=1S/2C30H30FN3O6.C24H22FN3O4.C6H11NO2.C6H10O3.CH4O3S/c2*1-3-30(39)18-9-22-26-16(11-34(22)28(37)17(18)12-40-29(30)38)25-20(33-27(36)23(35)8-14-4-5-14)7-6-15-13(2)19(31)10-21(32-26)24(15)25;1-3-24(31)14-6-18-21-12(8-28(18)22(29)13(14)9-32-23(24)30)19-16(26)5-4-11-10(2)15(25)7-17(27-21)20(11)19;2*7-5(6(8)9)3-4-1-2-4;1-5(2,3)4/h2*9-10,14,20,23,35,39H,3-8,11-12H2,1-2H3,(H,33,36);6-7,16,31H,3-5,8-9,26H2,1-2H3;4-5H,1-3,7H2,(H,8,9);4-5,7H,1-3H2,(H,8,9);1H3,(H,2,3,4)/t20-,23?,30-;20-,23-,30-;16-,24-;;;/m000.../s1. The van der Waals surface area contributed by atoms with Crippen molar-refractivity contribution in [3.63, 3.8) is 0 Å². The number of hydrogen-bond acceptors (Lipinski definition) is 26. The molecule has 716 valence electrons. The topological polar surface area (TPSA) is 544 Å². The molecule has 22 rings (SSSR count). The summed E-state index contributed by atoms with van der Waals surface area (Å²) in [7, 11) is -3.67. The number of ether oxygens (including phenoxy) is 3. The second-order valence-corrected chi connectivity index (χ2v) is 39.5. The maximum atomic E-state index is 15.0. The Kier molecular flexibility index (Phi) is 25.3. The predicted octanol–water partition coefficient (Wildman–Crippen LogP) is 7.99. The molecule has 15 N–H and O–H groups in total. The Hall–Kier alpha value is -11.6. The molecule has 6 aromatic heterocycles. The molecule has 6 aliphatic heterocycles. The number of nitrogens with one attached hydrogen (secondary N) is 2. The molecule has 12 heterocycles. The molecule has 4 fully saturated rings. The molecule has 4 saturated carbocycles. The Bertz CT molecular complexity index is 6610. The number of amides is 2. The van der Waals surface area contributed by atoms with E-state index < -0.39 is 105 Å². The van der Waals surface area contributed by atoms with E-state index in [0.717, 1.165) is 105 Å². The number of aromatic nitrogens is 6. The van der Waals surface area contributed by atoms with Gasteiger partial charge in [0.2, 0.25) is 11.8 Å². The van der Waals surface area contributed by atoms with E-state index in [0.29, 0.717) is 162 Å². The lowest BCUT2D eigenvalue weighted by molar-refractivity contribution is -0.172. The third-order valence-corrected chi connectivity index (χ3v) is 29.1. The van der Waals surface area contributed by atoms with Crippen molar-refractivity contribution in [1.82, 2.24) is 39.3 Å². The van der Waals surface area contributed by atoms with E-state index in [1.807, 2.05) is 0 Å². The van der Waals surface area contributed by atoms with Crippen LogP contribution in [0.15, 0.2) is 50.8 Å².